The van der Waals surface area contributed by atoms with Gasteiger partial charge in [0.15, 0.2) is 0 Å². The zero-order chi connectivity index (χ0) is 18.9. The number of para-hydroxylation sites is 1. The molecule has 1 atom stereocenters. The zero-order valence-corrected chi connectivity index (χ0v) is 17.5. The van der Waals surface area contributed by atoms with Crippen molar-refractivity contribution in [1.82, 2.24) is 0 Å². The maximum atomic E-state index is 9.93. The molecule has 0 amide bonds. The van der Waals surface area contributed by atoms with Gasteiger partial charge in [-0.15, -0.1) is 0 Å². The molecule has 0 aromatic heterocycles. The second-order valence-electron chi connectivity index (χ2n) is 5.59. The molecule has 1 unspecified atom stereocenters. The third-order valence-corrected chi connectivity index (χ3v) is 3.68. The van der Waals surface area contributed by atoms with E-state index in [4.69, 9.17) is 25.5 Å². The molecule has 9 heteroatoms. The van der Waals surface area contributed by atoms with Crippen molar-refractivity contribution in [3.63, 3.8) is 0 Å². The Kier molecular flexibility index (Phi) is 15.7. The van der Waals surface area contributed by atoms with Crippen LogP contribution in [0.25, 0.3) is 26.6 Å². The van der Waals surface area contributed by atoms with Crippen LogP contribution < -0.4 is 0 Å². The van der Waals surface area contributed by atoms with Crippen LogP contribution in [-0.2, 0) is 19.6 Å². The van der Waals surface area contributed by atoms with E-state index in [1.165, 1.54) is 0 Å². The van der Waals surface area contributed by atoms with Crippen molar-refractivity contribution in [2.45, 2.75) is 12.5 Å². The van der Waals surface area contributed by atoms with Crippen molar-refractivity contribution in [2.75, 3.05) is 58.9 Å². The van der Waals surface area contributed by atoms with Gasteiger partial charge in [0.2, 0.25) is 0 Å². The standard InChI is InChI=1S/C17H26N5O.2ClH.Mn/c23-17-4-2-1-3-15(17)13-16-14-21-10-9-19-6-5-18-7-8-20-11-12-22-16;;;/h1-4,16,23H,5-14H2;2*1H;/q-5;;;+2/p-2. The fraction of sp³-hybridized carbons (Fsp3) is 0.647. The fourth-order valence-corrected chi connectivity index (χ4v) is 2.44. The number of nitrogens with zero attached hydrogens (tertiary/aromatic N) is 5. The molecule has 26 heavy (non-hydrogen) atoms. The summed E-state index contributed by atoms with van der Waals surface area (Å²) in [6, 6.07) is 7.53. The summed E-state index contributed by atoms with van der Waals surface area (Å²) in [7, 11) is 9.59. The summed E-state index contributed by atoms with van der Waals surface area (Å²) >= 11 is 0.00694. The van der Waals surface area contributed by atoms with Gasteiger partial charge in [0.25, 0.3) is 0 Å². The Morgan fingerprint density at radius 3 is 1.92 bits per heavy atom. The number of benzene rings is 1. The number of rotatable bonds is 2. The first kappa shape index (κ1) is 24.0. The summed E-state index contributed by atoms with van der Waals surface area (Å²) in [5.74, 6) is 0.333. The first-order valence-corrected chi connectivity index (χ1v) is 11.9. The zero-order valence-electron chi connectivity index (χ0n) is 14.8. The summed E-state index contributed by atoms with van der Waals surface area (Å²) in [6.07, 6.45) is 0.711. The van der Waals surface area contributed by atoms with Crippen molar-refractivity contribution < 1.29 is 18.2 Å². The molecule has 1 fully saturated rings. The summed E-state index contributed by atoms with van der Waals surface area (Å²) in [6.45, 7) is 6.71. The van der Waals surface area contributed by atoms with E-state index in [1.807, 2.05) is 18.2 Å². The second-order valence-corrected chi connectivity index (χ2v) is 7.54. The quantitative estimate of drug-likeness (QED) is 0.669. The Morgan fingerprint density at radius 2 is 1.35 bits per heavy atom. The summed E-state index contributed by atoms with van der Waals surface area (Å²) in [5, 5.41) is 32.4. The molecule has 0 aliphatic carbocycles. The molecule has 0 saturated carbocycles. The minimum atomic E-state index is 0.00694. The van der Waals surface area contributed by atoms with E-state index in [0.717, 1.165) is 51.4 Å². The third-order valence-electron chi connectivity index (χ3n) is 3.68. The number of phenolic OH excluding ortho intramolecular Hbond substituents is 1. The molecule has 1 heterocycles. The molecule has 0 spiro atoms. The van der Waals surface area contributed by atoms with Crippen molar-refractivity contribution in [1.29, 1.82) is 0 Å². The summed E-state index contributed by atoms with van der Waals surface area (Å²) in [4.78, 5) is 0. The SMILES string of the molecule is Oc1ccccc1CC1C[N-]CC[N-]CC[N-]CC[N-]CC[N-]1.[Cl][Mn][Cl]. The van der Waals surface area contributed by atoms with E-state index in [9.17, 15) is 5.11 Å². The first-order valence-electron chi connectivity index (χ1n) is 8.61. The van der Waals surface area contributed by atoms with E-state index in [2.05, 4.69) is 21.3 Å². The molecule has 1 aliphatic rings. The third kappa shape index (κ3) is 12.3. The predicted octanol–water partition coefficient (Wildman–Crippen LogP) is 4.56. The van der Waals surface area contributed by atoms with E-state index >= 15 is 0 Å². The average molecular weight is 442 g/mol. The van der Waals surface area contributed by atoms with Crippen molar-refractivity contribution in [3.05, 3.63) is 56.4 Å². The van der Waals surface area contributed by atoms with Crippen LogP contribution in [0.3, 0.4) is 0 Å². The van der Waals surface area contributed by atoms with Crippen LogP contribution in [0.5, 0.6) is 5.75 Å². The van der Waals surface area contributed by atoms with Gasteiger partial charge in [-0.25, -0.2) is 0 Å². The Balaban J connectivity index is 0.00000105. The van der Waals surface area contributed by atoms with Gasteiger partial charge in [0.05, 0.1) is 0 Å². The molecular formula is C17H26Cl2MnN5O-5. The van der Waals surface area contributed by atoms with E-state index in [1.54, 1.807) is 6.07 Å². The van der Waals surface area contributed by atoms with Gasteiger partial charge in [-0.2, -0.15) is 64.9 Å². The van der Waals surface area contributed by atoms with Crippen LogP contribution in [0.1, 0.15) is 5.56 Å². The molecular weight excluding hydrogens is 416 g/mol. The molecule has 6 nitrogen and oxygen atoms in total. The van der Waals surface area contributed by atoms with Crippen LogP contribution in [-0.4, -0.2) is 70.1 Å². The Bertz CT molecular complexity index is 443. The maximum absolute atomic E-state index is 9.93. The number of halogens is 2. The molecule has 1 N–H and O–H groups in total. The monoisotopic (exact) mass is 441 g/mol. The minimum absolute atomic E-state index is 0.00694. The fourth-order valence-electron chi connectivity index (χ4n) is 2.44. The predicted molar refractivity (Wildman–Crippen MR) is 108 cm³/mol. The Hall–Kier alpha value is -0.0805. The van der Waals surface area contributed by atoms with Crippen molar-refractivity contribution in [2.24, 2.45) is 0 Å². The van der Waals surface area contributed by atoms with Gasteiger partial charge < -0.3 is 31.7 Å². The van der Waals surface area contributed by atoms with E-state index in [-0.39, 0.29) is 19.2 Å². The molecule has 0 bridgehead atoms. The number of aromatic hydroxyl groups is 1. The Labute approximate surface area is 171 Å². The van der Waals surface area contributed by atoms with Gasteiger partial charge in [-0.05, 0) is 18.1 Å². The molecule has 2 rings (SSSR count). The van der Waals surface area contributed by atoms with Crippen molar-refractivity contribution in [3.8, 4) is 5.75 Å². The second kappa shape index (κ2) is 17.0. The molecule has 0 radical (unpaired) electrons. The van der Waals surface area contributed by atoms with Crippen LogP contribution in [0.4, 0.5) is 0 Å². The van der Waals surface area contributed by atoms with Gasteiger partial charge >= 0.3 is 33.3 Å². The Morgan fingerprint density at radius 1 is 0.846 bits per heavy atom. The van der Waals surface area contributed by atoms with Gasteiger partial charge in [-0.1, -0.05) is 18.2 Å². The van der Waals surface area contributed by atoms with Gasteiger partial charge in [0, 0.05) is 0 Å². The van der Waals surface area contributed by atoms with Crippen LogP contribution in [0.15, 0.2) is 24.3 Å². The van der Waals surface area contributed by atoms with E-state index in [0.29, 0.717) is 25.3 Å². The summed E-state index contributed by atoms with van der Waals surface area (Å²) < 4.78 is 0. The number of hydrogen-bond donors (Lipinski definition) is 1. The molecule has 1 saturated heterocycles. The number of hydrogen-bond acceptors (Lipinski definition) is 1. The summed E-state index contributed by atoms with van der Waals surface area (Å²) in [5.41, 5.74) is 0.926. The van der Waals surface area contributed by atoms with Crippen molar-refractivity contribution >= 4 is 20.2 Å². The molecule has 1 aromatic rings. The first-order chi connectivity index (χ1) is 12.8. The van der Waals surface area contributed by atoms with Gasteiger partial charge in [-0.3, -0.25) is 0 Å². The molecule has 151 valence electrons. The number of phenols is 1. The average Bonchev–Trinajstić information content (AvgIpc) is 2.64. The van der Waals surface area contributed by atoms with Crippen LogP contribution in [0.2, 0.25) is 0 Å². The van der Waals surface area contributed by atoms with Crippen LogP contribution >= 0.6 is 20.2 Å². The van der Waals surface area contributed by atoms with E-state index < -0.39 is 0 Å². The molecule has 1 aromatic carbocycles. The normalized spacial score (nSPS) is 20.9. The van der Waals surface area contributed by atoms with Crippen LogP contribution in [0, 0.1) is 0 Å². The topological polar surface area (TPSA) is 90.7 Å². The molecule has 1 aliphatic heterocycles. The van der Waals surface area contributed by atoms with Gasteiger partial charge in [0.1, 0.15) is 5.75 Å².